The molecule has 0 fully saturated rings. The van der Waals surface area contributed by atoms with Gasteiger partial charge in [-0.25, -0.2) is 4.79 Å². The van der Waals surface area contributed by atoms with Gasteiger partial charge in [0.25, 0.3) is 0 Å². The van der Waals surface area contributed by atoms with Gasteiger partial charge in [-0.1, -0.05) is 12.1 Å². The second kappa shape index (κ2) is 5.75. The van der Waals surface area contributed by atoms with Gasteiger partial charge in [0.15, 0.2) is 0 Å². The number of carbonyl (C=O) groups is 2. The van der Waals surface area contributed by atoms with Gasteiger partial charge in [-0.3, -0.25) is 4.79 Å². The van der Waals surface area contributed by atoms with Gasteiger partial charge in [-0.15, -0.1) is 0 Å². The molecule has 0 saturated heterocycles. The van der Waals surface area contributed by atoms with Crippen molar-refractivity contribution in [1.82, 2.24) is 10.6 Å². The zero-order chi connectivity index (χ0) is 12.0. The third kappa shape index (κ3) is 3.61. The first-order chi connectivity index (χ1) is 7.65. The minimum atomic E-state index is -0.280. The molecule has 0 aliphatic heterocycles. The van der Waals surface area contributed by atoms with Crippen LogP contribution in [0.2, 0.25) is 0 Å². The lowest BCUT2D eigenvalue weighted by atomic mass is 10.1. The molecule has 0 atom stereocenters. The number of anilines is 1. The lowest BCUT2D eigenvalue weighted by Crippen LogP contribution is -2.24. The molecule has 0 spiro atoms. The summed E-state index contributed by atoms with van der Waals surface area (Å²) in [7, 11) is 3.14. The van der Waals surface area contributed by atoms with Gasteiger partial charge >= 0.3 is 6.03 Å². The van der Waals surface area contributed by atoms with Crippen molar-refractivity contribution in [3.8, 4) is 0 Å². The van der Waals surface area contributed by atoms with Crippen LogP contribution in [0.25, 0.3) is 0 Å². The van der Waals surface area contributed by atoms with Gasteiger partial charge in [0.1, 0.15) is 0 Å². The van der Waals surface area contributed by atoms with E-state index < -0.39 is 0 Å². The zero-order valence-electron chi connectivity index (χ0n) is 9.33. The Labute approximate surface area is 94.2 Å². The van der Waals surface area contributed by atoms with E-state index >= 15 is 0 Å². The fraction of sp³-hybridized carbons (Fsp3) is 0.273. The largest absolute Gasteiger partial charge is 0.359 e. The molecule has 3 N–H and O–H groups in total. The Balaban J connectivity index is 2.71. The molecule has 0 unspecified atom stereocenters. The van der Waals surface area contributed by atoms with E-state index in [9.17, 15) is 9.59 Å². The molecule has 0 saturated carbocycles. The average molecular weight is 221 g/mol. The molecule has 0 radical (unpaired) electrons. The van der Waals surface area contributed by atoms with Crippen LogP contribution in [0.4, 0.5) is 10.5 Å². The third-order valence-corrected chi connectivity index (χ3v) is 2.06. The molecule has 86 valence electrons. The fourth-order valence-corrected chi connectivity index (χ4v) is 1.23. The molecule has 5 nitrogen and oxygen atoms in total. The summed E-state index contributed by atoms with van der Waals surface area (Å²) in [6.45, 7) is 0. The summed E-state index contributed by atoms with van der Waals surface area (Å²) in [5, 5.41) is 7.64. The Kier molecular flexibility index (Phi) is 4.32. The first-order valence-electron chi connectivity index (χ1n) is 4.94. The Morgan fingerprint density at radius 3 is 2.56 bits per heavy atom. The maximum Gasteiger partial charge on any atom is 0.318 e. The Hall–Kier alpha value is -2.04. The fourth-order valence-electron chi connectivity index (χ4n) is 1.23. The number of hydrogen-bond acceptors (Lipinski definition) is 2. The van der Waals surface area contributed by atoms with Crippen molar-refractivity contribution in [3.05, 3.63) is 29.8 Å². The Morgan fingerprint density at radius 2 is 1.94 bits per heavy atom. The molecular formula is C11H15N3O2. The standard InChI is InChI=1S/C11H15N3O2/c1-12-10(15)7-8-4-3-5-9(6-8)14-11(16)13-2/h3-6H,7H2,1-2H3,(H,12,15)(H2,13,14,16). The molecule has 16 heavy (non-hydrogen) atoms. The predicted octanol–water partition coefficient (Wildman–Crippen LogP) is 0.726. The minimum Gasteiger partial charge on any atom is -0.359 e. The van der Waals surface area contributed by atoms with Gasteiger partial charge in [-0.05, 0) is 17.7 Å². The Morgan fingerprint density at radius 1 is 1.19 bits per heavy atom. The molecular weight excluding hydrogens is 206 g/mol. The molecule has 0 heterocycles. The van der Waals surface area contributed by atoms with Crippen molar-refractivity contribution in [2.45, 2.75) is 6.42 Å². The molecule has 3 amide bonds. The summed E-state index contributed by atoms with van der Waals surface area (Å²) in [6.07, 6.45) is 0.305. The summed E-state index contributed by atoms with van der Waals surface area (Å²) in [5.41, 5.74) is 1.52. The summed E-state index contributed by atoms with van der Waals surface area (Å²) in [5.74, 6) is -0.0582. The van der Waals surface area contributed by atoms with Crippen LogP contribution in [0.3, 0.4) is 0 Å². The van der Waals surface area contributed by atoms with E-state index in [0.717, 1.165) is 5.56 Å². The molecule has 0 aliphatic carbocycles. The van der Waals surface area contributed by atoms with Crippen LogP contribution in [0.1, 0.15) is 5.56 Å². The van der Waals surface area contributed by atoms with E-state index in [1.54, 1.807) is 32.3 Å². The van der Waals surface area contributed by atoms with E-state index in [0.29, 0.717) is 12.1 Å². The maximum absolute atomic E-state index is 11.2. The molecule has 0 aromatic heterocycles. The first-order valence-corrected chi connectivity index (χ1v) is 4.94. The summed E-state index contributed by atoms with van der Waals surface area (Å²) < 4.78 is 0. The third-order valence-electron chi connectivity index (χ3n) is 2.06. The van der Waals surface area contributed by atoms with E-state index in [2.05, 4.69) is 16.0 Å². The van der Waals surface area contributed by atoms with Gasteiger partial charge in [-0.2, -0.15) is 0 Å². The number of urea groups is 1. The summed E-state index contributed by atoms with van der Waals surface area (Å²) in [6, 6.07) is 6.89. The van der Waals surface area contributed by atoms with Crippen LogP contribution in [0.5, 0.6) is 0 Å². The second-order valence-corrected chi connectivity index (χ2v) is 3.25. The molecule has 0 aliphatic rings. The van der Waals surface area contributed by atoms with Crippen LogP contribution in [0.15, 0.2) is 24.3 Å². The van der Waals surface area contributed by atoms with Gasteiger partial charge in [0, 0.05) is 19.8 Å². The van der Waals surface area contributed by atoms with Crippen molar-refractivity contribution in [2.24, 2.45) is 0 Å². The lowest BCUT2D eigenvalue weighted by Gasteiger charge is -2.06. The molecule has 1 aromatic carbocycles. The molecule has 5 heteroatoms. The van der Waals surface area contributed by atoms with Crippen molar-refractivity contribution < 1.29 is 9.59 Å². The number of rotatable bonds is 3. The van der Waals surface area contributed by atoms with Crippen molar-refractivity contribution in [2.75, 3.05) is 19.4 Å². The summed E-state index contributed by atoms with van der Waals surface area (Å²) in [4.78, 5) is 22.2. The van der Waals surface area contributed by atoms with Crippen molar-refractivity contribution >= 4 is 17.6 Å². The second-order valence-electron chi connectivity index (χ2n) is 3.25. The van der Waals surface area contributed by atoms with E-state index in [4.69, 9.17) is 0 Å². The number of amides is 3. The van der Waals surface area contributed by atoms with Crippen LogP contribution in [-0.2, 0) is 11.2 Å². The highest BCUT2D eigenvalue weighted by Crippen LogP contribution is 2.10. The van der Waals surface area contributed by atoms with E-state index in [1.807, 2.05) is 6.07 Å². The molecule has 1 aromatic rings. The maximum atomic E-state index is 11.2. The number of likely N-dealkylation sites (N-methyl/N-ethyl adjacent to an activating group) is 1. The highest BCUT2D eigenvalue weighted by atomic mass is 16.2. The van der Waals surface area contributed by atoms with E-state index in [-0.39, 0.29) is 11.9 Å². The molecule has 1 rings (SSSR count). The Bertz CT molecular complexity index is 357. The normalized spacial score (nSPS) is 9.38. The number of hydrogen-bond donors (Lipinski definition) is 3. The van der Waals surface area contributed by atoms with Crippen molar-refractivity contribution in [1.29, 1.82) is 0 Å². The minimum absolute atomic E-state index is 0.0582. The predicted molar refractivity (Wildman–Crippen MR) is 62.3 cm³/mol. The highest BCUT2D eigenvalue weighted by Gasteiger charge is 2.03. The van der Waals surface area contributed by atoms with Crippen LogP contribution < -0.4 is 16.0 Å². The smallest absolute Gasteiger partial charge is 0.318 e. The van der Waals surface area contributed by atoms with Crippen LogP contribution in [-0.4, -0.2) is 26.0 Å². The summed E-state index contributed by atoms with van der Waals surface area (Å²) >= 11 is 0. The first kappa shape index (κ1) is 12.0. The zero-order valence-corrected chi connectivity index (χ0v) is 9.33. The van der Waals surface area contributed by atoms with Gasteiger partial charge in [0.05, 0.1) is 6.42 Å². The number of nitrogens with one attached hydrogen (secondary N) is 3. The SMILES string of the molecule is CNC(=O)Cc1cccc(NC(=O)NC)c1. The average Bonchev–Trinajstić information content (AvgIpc) is 2.29. The van der Waals surface area contributed by atoms with Gasteiger partial charge < -0.3 is 16.0 Å². The monoisotopic (exact) mass is 221 g/mol. The number of benzene rings is 1. The lowest BCUT2D eigenvalue weighted by molar-refractivity contribution is -0.119. The van der Waals surface area contributed by atoms with Crippen molar-refractivity contribution in [3.63, 3.8) is 0 Å². The quantitative estimate of drug-likeness (QED) is 0.704. The van der Waals surface area contributed by atoms with Gasteiger partial charge in [0.2, 0.25) is 5.91 Å². The number of carbonyl (C=O) groups excluding carboxylic acids is 2. The topological polar surface area (TPSA) is 70.2 Å². The van der Waals surface area contributed by atoms with Crippen LogP contribution >= 0.6 is 0 Å². The van der Waals surface area contributed by atoms with Crippen LogP contribution in [0, 0.1) is 0 Å². The highest BCUT2D eigenvalue weighted by molar-refractivity contribution is 5.89. The molecule has 0 bridgehead atoms. The van der Waals surface area contributed by atoms with E-state index in [1.165, 1.54) is 0 Å².